The molecule has 1 unspecified atom stereocenters. The fourth-order valence-corrected chi connectivity index (χ4v) is 2.60. The number of aromatic nitrogens is 1. The Bertz CT molecular complexity index is 787. The van der Waals surface area contributed by atoms with Gasteiger partial charge in [-0.1, -0.05) is 47.1 Å². The van der Waals surface area contributed by atoms with Crippen LogP contribution < -0.4 is 5.32 Å². The fraction of sp³-hybridized carbons (Fsp3) is 0.167. The Kier molecular flexibility index (Phi) is 4.65. The Morgan fingerprint density at radius 3 is 2.65 bits per heavy atom. The molecule has 118 valence electrons. The number of rotatable bonds is 5. The zero-order valence-corrected chi connectivity index (χ0v) is 13.4. The lowest BCUT2D eigenvalue weighted by atomic mass is 10.00. The predicted molar refractivity (Wildman–Crippen MR) is 90.5 cm³/mol. The van der Waals surface area contributed by atoms with Crippen molar-refractivity contribution in [2.24, 2.45) is 0 Å². The molecule has 0 amide bonds. The molecule has 0 saturated carbocycles. The molecular weight excluding hydrogens is 312 g/mol. The van der Waals surface area contributed by atoms with Crippen LogP contribution in [0.1, 0.15) is 28.7 Å². The highest BCUT2D eigenvalue weighted by Gasteiger charge is 2.15. The molecule has 3 rings (SSSR count). The molecule has 1 atom stereocenters. The predicted octanol–water partition coefficient (Wildman–Crippen LogP) is 4.33. The summed E-state index contributed by atoms with van der Waals surface area (Å²) >= 11 is 6.10. The average Bonchev–Trinajstić information content (AvgIpc) is 2.99. The number of anilines is 1. The molecule has 0 aliphatic carbocycles. The SMILES string of the molecule is Cc1cc(CNc2ccc(Cl)cc2C(O)c2ccccc2)no1. The van der Waals surface area contributed by atoms with Gasteiger partial charge in [0, 0.05) is 22.3 Å². The molecule has 2 N–H and O–H groups in total. The van der Waals surface area contributed by atoms with Crippen molar-refractivity contribution >= 4 is 17.3 Å². The number of nitrogens with one attached hydrogen (secondary N) is 1. The molecule has 3 aromatic rings. The van der Waals surface area contributed by atoms with Crippen LogP contribution in [0.2, 0.25) is 5.02 Å². The summed E-state index contributed by atoms with van der Waals surface area (Å²) in [5.41, 5.74) is 3.16. The summed E-state index contributed by atoms with van der Waals surface area (Å²) in [6, 6.07) is 16.8. The largest absolute Gasteiger partial charge is 0.384 e. The first-order valence-corrected chi connectivity index (χ1v) is 7.70. The Labute approximate surface area is 139 Å². The normalized spacial score (nSPS) is 12.1. The van der Waals surface area contributed by atoms with Crippen molar-refractivity contribution in [1.82, 2.24) is 5.16 Å². The topological polar surface area (TPSA) is 58.3 Å². The van der Waals surface area contributed by atoms with Gasteiger partial charge in [0.1, 0.15) is 17.6 Å². The minimum absolute atomic E-state index is 0.507. The maximum atomic E-state index is 10.7. The molecule has 23 heavy (non-hydrogen) atoms. The van der Waals surface area contributed by atoms with Gasteiger partial charge in [0.25, 0.3) is 0 Å². The van der Waals surface area contributed by atoms with E-state index in [0.717, 1.165) is 28.3 Å². The van der Waals surface area contributed by atoms with Crippen LogP contribution in [-0.2, 0) is 6.54 Å². The van der Waals surface area contributed by atoms with Crippen molar-refractivity contribution in [1.29, 1.82) is 0 Å². The van der Waals surface area contributed by atoms with E-state index in [0.29, 0.717) is 11.6 Å². The van der Waals surface area contributed by atoms with Crippen molar-refractivity contribution in [3.63, 3.8) is 0 Å². The number of nitrogens with zero attached hydrogens (tertiary/aromatic N) is 1. The number of aliphatic hydroxyl groups excluding tert-OH is 1. The Morgan fingerprint density at radius 1 is 1.17 bits per heavy atom. The van der Waals surface area contributed by atoms with E-state index in [1.807, 2.05) is 49.4 Å². The molecule has 0 bridgehead atoms. The van der Waals surface area contributed by atoms with Gasteiger partial charge in [-0.05, 0) is 30.7 Å². The quantitative estimate of drug-likeness (QED) is 0.732. The summed E-state index contributed by atoms with van der Waals surface area (Å²) in [4.78, 5) is 0. The van der Waals surface area contributed by atoms with Crippen molar-refractivity contribution in [2.75, 3.05) is 5.32 Å². The minimum atomic E-state index is -0.753. The van der Waals surface area contributed by atoms with Crippen LogP contribution in [-0.4, -0.2) is 10.3 Å². The maximum absolute atomic E-state index is 10.7. The van der Waals surface area contributed by atoms with Crippen LogP contribution in [0.5, 0.6) is 0 Å². The van der Waals surface area contributed by atoms with Crippen LogP contribution in [0.25, 0.3) is 0 Å². The van der Waals surface area contributed by atoms with Crippen LogP contribution in [0.4, 0.5) is 5.69 Å². The van der Waals surface area contributed by atoms with E-state index in [4.69, 9.17) is 16.1 Å². The highest BCUT2D eigenvalue weighted by Crippen LogP contribution is 2.31. The lowest BCUT2D eigenvalue weighted by Crippen LogP contribution is -2.07. The third-order valence-electron chi connectivity index (χ3n) is 3.56. The van der Waals surface area contributed by atoms with Crippen molar-refractivity contribution in [2.45, 2.75) is 19.6 Å². The first-order valence-electron chi connectivity index (χ1n) is 7.32. The van der Waals surface area contributed by atoms with E-state index in [9.17, 15) is 5.11 Å². The van der Waals surface area contributed by atoms with Crippen LogP contribution in [0.3, 0.4) is 0 Å². The second-order valence-electron chi connectivity index (χ2n) is 5.33. The monoisotopic (exact) mass is 328 g/mol. The number of aryl methyl sites for hydroxylation is 1. The van der Waals surface area contributed by atoms with Crippen molar-refractivity contribution in [3.05, 3.63) is 82.2 Å². The number of aliphatic hydroxyl groups is 1. The lowest BCUT2D eigenvalue weighted by molar-refractivity contribution is 0.221. The Hall–Kier alpha value is -2.30. The van der Waals surface area contributed by atoms with Gasteiger partial charge in [-0.2, -0.15) is 0 Å². The van der Waals surface area contributed by atoms with E-state index < -0.39 is 6.10 Å². The van der Waals surface area contributed by atoms with Crippen LogP contribution in [0, 0.1) is 6.92 Å². The van der Waals surface area contributed by atoms with Gasteiger partial charge in [-0.15, -0.1) is 0 Å². The lowest BCUT2D eigenvalue weighted by Gasteiger charge is -2.17. The van der Waals surface area contributed by atoms with Gasteiger partial charge in [-0.3, -0.25) is 0 Å². The van der Waals surface area contributed by atoms with E-state index in [2.05, 4.69) is 10.5 Å². The van der Waals surface area contributed by atoms with Crippen molar-refractivity contribution < 1.29 is 9.63 Å². The minimum Gasteiger partial charge on any atom is -0.384 e. The smallest absolute Gasteiger partial charge is 0.133 e. The first kappa shape index (κ1) is 15.6. The molecule has 0 aliphatic rings. The average molecular weight is 329 g/mol. The number of halogens is 1. The second-order valence-corrected chi connectivity index (χ2v) is 5.76. The van der Waals surface area contributed by atoms with Gasteiger partial charge in [-0.25, -0.2) is 0 Å². The second kappa shape index (κ2) is 6.86. The molecule has 2 aromatic carbocycles. The van der Waals surface area contributed by atoms with Crippen molar-refractivity contribution in [3.8, 4) is 0 Å². The third-order valence-corrected chi connectivity index (χ3v) is 3.80. The van der Waals surface area contributed by atoms with E-state index in [1.165, 1.54) is 0 Å². The summed E-state index contributed by atoms with van der Waals surface area (Å²) in [6.45, 7) is 2.36. The Balaban J connectivity index is 1.85. The van der Waals surface area contributed by atoms with Crippen LogP contribution >= 0.6 is 11.6 Å². The molecule has 0 radical (unpaired) electrons. The number of hydrogen-bond acceptors (Lipinski definition) is 4. The van der Waals surface area contributed by atoms with Gasteiger partial charge in [0.15, 0.2) is 0 Å². The van der Waals surface area contributed by atoms with E-state index in [1.54, 1.807) is 12.1 Å². The molecule has 0 fully saturated rings. The number of benzene rings is 2. The van der Waals surface area contributed by atoms with Gasteiger partial charge in [0.05, 0.1) is 6.54 Å². The fourth-order valence-electron chi connectivity index (χ4n) is 2.42. The highest BCUT2D eigenvalue weighted by molar-refractivity contribution is 6.30. The molecule has 1 heterocycles. The summed E-state index contributed by atoms with van der Waals surface area (Å²) in [5, 5.41) is 18.5. The standard InChI is InChI=1S/C18H17ClN2O2/c1-12-9-15(21-23-12)11-20-17-8-7-14(19)10-16(17)18(22)13-5-3-2-4-6-13/h2-10,18,20,22H,11H2,1H3. The van der Waals surface area contributed by atoms with E-state index >= 15 is 0 Å². The zero-order chi connectivity index (χ0) is 16.2. The summed E-state index contributed by atoms with van der Waals surface area (Å²) in [7, 11) is 0. The molecule has 1 aromatic heterocycles. The zero-order valence-electron chi connectivity index (χ0n) is 12.7. The van der Waals surface area contributed by atoms with Gasteiger partial charge >= 0.3 is 0 Å². The van der Waals surface area contributed by atoms with Gasteiger partial charge in [0.2, 0.25) is 0 Å². The molecule has 0 spiro atoms. The molecule has 0 saturated heterocycles. The molecule has 0 aliphatic heterocycles. The summed E-state index contributed by atoms with van der Waals surface area (Å²) in [6.07, 6.45) is -0.753. The first-order chi connectivity index (χ1) is 11.1. The highest BCUT2D eigenvalue weighted by atomic mass is 35.5. The molecular formula is C18H17ClN2O2. The van der Waals surface area contributed by atoms with Crippen LogP contribution in [0.15, 0.2) is 59.1 Å². The summed E-state index contributed by atoms with van der Waals surface area (Å²) < 4.78 is 5.06. The summed E-state index contributed by atoms with van der Waals surface area (Å²) in [5.74, 6) is 0.766. The molecule has 4 nitrogen and oxygen atoms in total. The van der Waals surface area contributed by atoms with E-state index in [-0.39, 0.29) is 0 Å². The Morgan fingerprint density at radius 2 is 1.96 bits per heavy atom. The maximum Gasteiger partial charge on any atom is 0.133 e. The number of hydrogen-bond donors (Lipinski definition) is 2. The molecule has 5 heteroatoms. The third kappa shape index (κ3) is 3.73. The van der Waals surface area contributed by atoms with Gasteiger partial charge < -0.3 is 14.9 Å².